The maximum Gasteiger partial charge on any atom is 0.446 e. The molecule has 1 unspecified atom stereocenters. The highest BCUT2D eigenvalue weighted by molar-refractivity contribution is 8.00. The van der Waals surface area contributed by atoms with Crippen LogP contribution in [0.5, 0.6) is 0 Å². The summed E-state index contributed by atoms with van der Waals surface area (Å²) in [5.41, 5.74) is 1.91. The molecule has 0 amide bonds. The number of nitrogens with two attached hydrogens (primary N) is 1. The van der Waals surface area contributed by atoms with Crippen LogP contribution in [-0.4, -0.2) is 22.0 Å². The lowest BCUT2D eigenvalue weighted by Crippen LogP contribution is -2.21. The number of hydrogen-bond donors (Lipinski definition) is 2. The van der Waals surface area contributed by atoms with Gasteiger partial charge in [-0.2, -0.15) is 26.3 Å². The van der Waals surface area contributed by atoms with Gasteiger partial charge in [-0.3, -0.25) is 0 Å². The summed E-state index contributed by atoms with van der Waals surface area (Å²) in [5.74, 6) is 0.335. The van der Waals surface area contributed by atoms with Gasteiger partial charge in [-0.05, 0) is 41.6 Å². The molecule has 170 valence electrons. The van der Waals surface area contributed by atoms with Crippen molar-refractivity contribution in [3.05, 3.63) is 71.0 Å². The highest BCUT2D eigenvalue weighted by atomic mass is 35.5. The van der Waals surface area contributed by atoms with Gasteiger partial charge in [0.15, 0.2) is 0 Å². The molecule has 0 bridgehead atoms. The van der Waals surface area contributed by atoms with E-state index in [2.05, 4.69) is 15.3 Å². The molecule has 12 heteroatoms. The molecule has 0 saturated carbocycles. The molecule has 1 heterocycles. The molecule has 0 saturated heterocycles. The molecular formula is C20H15ClF6N4S. The highest BCUT2D eigenvalue weighted by Gasteiger charge is 2.33. The fourth-order valence-corrected chi connectivity index (χ4v) is 3.69. The number of aromatic nitrogens is 2. The molecule has 0 aliphatic heterocycles. The molecule has 3 N–H and O–H groups in total. The summed E-state index contributed by atoms with van der Waals surface area (Å²) < 4.78 is 76.3. The van der Waals surface area contributed by atoms with E-state index in [0.717, 1.165) is 12.1 Å². The van der Waals surface area contributed by atoms with Crippen LogP contribution in [0.2, 0.25) is 5.02 Å². The van der Waals surface area contributed by atoms with Crippen LogP contribution in [0.15, 0.2) is 59.8 Å². The number of rotatable bonds is 6. The predicted molar refractivity (Wildman–Crippen MR) is 111 cm³/mol. The Balaban J connectivity index is 1.71. The van der Waals surface area contributed by atoms with E-state index in [9.17, 15) is 26.3 Å². The first-order valence-corrected chi connectivity index (χ1v) is 10.2. The minimum atomic E-state index is -4.57. The Morgan fingerprint density at radius 2 is 1.75 bits per heavy atom. The molecule has 32 heavy (non-hydrogen) atoms. The topological polar surface area (TPSA) is 63.8 Å². The zero-order valence-electron chi connectivity index (χ0n) is 16.0. The molecule has 0 spiro atoms. The van der Waals surface area contributed by atoms with Gasteiger partial charge in [0.1, 0.15) is 12.1 Å². The third-order valence-electron chi connectivity index (χ3n) is 4.26. The van der Waals surface area contributed by atoms with Gasteiger partial charge < -0.3 is 11.1 Å². The van der Waals surface area contributed by atoms with E-state index in [1.54, 1.807) is 6.07 Å². The summed E-state index contributed by atoms with van der Waals surface area (Å²) in [7, 11) is 0. The number of hydrogen-bond acceptors (Lipinski definition) is 5. The maximum atomic E-state index is 12.9. The molecule has 3 aromatic rings. The SMILES string of the molecule is NC(CNc1cc(-c2ccc(C(F)(F)F)c(Cl)c2)ncn1)c1cccc(SC(F)(F)F)c1. The van der Waals surface area contributed by atoms with E-state index >= 15 is 0 Å². The molecule has 0 fully saturated rings. The molecule has 0 aliphatic rings. The van der Waals surface area contributed by atoms with Crippen molar-refractivity contribution in [3.63, 3.8) is 0 Å². The second-order valence-electron chi connectivity index (χ2n) is 6.59. The zero-order chi connectivity index (χ0) is 23.5. The first kappa shape index (κ1) is 24.1. The lowest BCUT2D eigenvalue weighted by Gasteiger charge is -2.15. The number of alkyl halides is 6. The number of thioether (sulfide) groups is 1. The van der Waals surface area contributed by atoms with E-state index < -0.39 is 28.3 Å². The van der Waals surface area contributed by atoms with E-state index in [1.165, 1.54) is 36.7 Å². The summed E-state index contributed by atoms with van der Waals surface area (Å²) in [6.07, 6.45) is -3.35. The third kappa shape index (κ3) is 6.50. The number of halogens is 7. The van der Waals surface area contributed by atoms with Crippen LogP contribution < -0.4 is 11.1 Å². The van der Waals surface area contributed by atoms with Crippen molar-refractivity contribution < 1.29 is 26.3 Å². The Kier molecular flexibility index (Phi) is 7.21. The first-order valence-electron chi connectivity index (χ1n) is 8.97. The Labute approximate surface area is 188 Å². The van der Waals surface area contributed by atoms with Crippen molar-refractivity contribution >= 4 is 29.2 Å². The summed E-state index contributed by atoms with van der Waals surface area (Å²) in [6.45, 7) is 0.143. The first-order chi connectivity index (χ1) is 14.9. The molecule has 4 nitrogen and oxygen atoms in total. The minimum Gasteiger partial charge on any atom is -0.368 e. The van der Waals surface area contributed by atoms with Crippen LogP contribution >= 0.6 is 23.4 Å². The molecule has 1 atom stereocenters. The average molecular weight is 493 g/mol. The van der Waals surface area contributed by atoms with Gasteiger partial charge in [0.2, 0.25) is 0 Å². The van der Waals surface area contributed by atoms with Crippen molar-refractivity contribution in [1.82, 2.24) is 9.97 Å². The molecule has 0 radical (unpaired) electrons. The fourth-order valence-electron chi connectivity index (χ4n) is 2.79. The summed E-state index contributed by atoms with van der Waals surface area (Å²) in [5, 5.41) is 2.50. The Morgan fingerprint density at radius 3 is 2.41 bits per heavy atom. The maximum absolute atomic E-state index is 12.9. The Bertz CT molecular complexity index is 1090. The van der Waals surface area contributed by atoms with Gasteiger partial charge in [0.25, 0.3) is 0 Å². The number of benzene rings is 2. The smallest absolute Gasteiger partial charge is 0.368 e. The molecule has 1 aromatic heterocycles. The predicted octanol–water partition coefficient (Wildman–Crippen LogP) is 6.54. The number of anilines is 1. The number of nitrogens with zero attached hydrogens (tertiary/aromatic N) is 2. The van der Waals surface area contributed by atoms with E-state index in [0.29, 0.717) is 22.6 Å². The molecular weight excluding hydrogens is 478 g/mol. The van der Waals surface area contributed by atoms with Gasteiger partial charge in [0, 0.05) is 29.1 Å². The lowest BCUT2D eigenvalue weighted by atomic mass is 10.1. The summed E-state index contributed by atoms with van der Waals surface area (Å²) >= 11 is 5.53. The van der Waals surface area contributed by atoms with Crippen molar-refractivity contribution in [2.24, 2.45) is 5.73 Å². The Morgan fingerprint density at radius 1 is 1.00 bits per heavy atom. The van der Waals surface area contributed by atoms with Gasteiger partial charge >= 0.3 is 11.7 Å². The molecule has 3 rings (SSSR count). The normalized spacial score (nSPS) is 13.1. The van der Waals surface area contributed by atoms with Crippen LogP contribution in [-0.2, 0) is 6.18 Å². The molecule has 2 aromatic carbocycles. The van der Waals surface area contributed by atoms with Crippen LogP contribution in [0.25, 0.3) is 11.3 Å². The van der Waals surface area contributed by atoms with Crippen molar-refractivity contribution in [2.75, 3.05) is 11.9 Å². The standard InChI is InChI=1S/C20H15ClF6N4S/c21-15-7-12(4-5-14(15)19(22,23)24)17-8-18(31-10-30-17)29-9-16(28)11-2-1-3-13(6-11)32-20(25,26)27/h1-8,10,16H,9,28H2,(H,29,30,31). The van der Waals surface area contributed by atoms with Crippen LogP contribution in [0.3, 0.4) is 0 Å². The number of nitrogens with one attached hydrogen (secondary N) is 1. The van der Waals surface area contributed by atoms with Crippen LogP contribution in [0, 0.1) is 0 Å². The van der Waals surface area contributed by atoms with Gasteiger partial charge in [-0.15, -0.1) is 0 Å². The fraction of sp³-hybridized carbons (Fsp3) is 0.200. The quantitative estimate of drug-likeness (QED) is 0.302. The van der Waals surface area contributed by atoms with Crippen LogP contribution in [0.1, 0.15) is 17.2 Å². The lowest BCUT2D eigenvalue weighted by molar-refractivity contribution is -0.137. The van der Waals surface area contributed by atoms with Crippen molar-refractivity contribution in [1.29, 1.82) is 0 Å². The van der Waals surface area contributed by atoms with E-state index in [-0.39, 0.29) is 23.2 Å². The van der Waals surface area contributed by atoms with E-state index in [4.69, 9.17) is 17.3 Å². The van der Waals surface area contributed by atoms with Crippen molar-refractivity contribution in [2.45, 2.75) is 22.6 Å². The van der Waals surface area contributed by atoms with Gasteiger partial charge in [-0.1, -0.05) is 29.8 Å². The highest BCUT2D eigenvalue weighted by Crippen LogP contribution is 2.38. The second kappa shape index (κ2) is 9.55. The Hall–Kier alpha value is -2.50. The largest absolute Gasteiger partial charge is 0.446 e. The minimum absolute atomic E-state index is 0.0222. The summed E-state index contributed by atoms with van der Waals surface area (Å²) in [6, 6.07) is 9.94. The second-order valence-corrected chi connectivity index (χ2v) is 8.13. The monoisotopic (exact) mass is 492 g/mol. The average Bonchev–Trinajstić information content (AvgIpc) is 2.70. The van der Waals surface area contributed by atoms with Crippen LogP contribution in [0.4, 0.5) is 32.2 Å². The third-order valence-corrected chi connectivity index (χ3v) is 5.29. The van der Waals surface area contributed by atoms with E-state index in [1.807, 2.05) is 0 Å². The zero-order valence-corrected chi connectivity index (χ0v) is 17.6. The molecule has 0 aliphatic carbocycles. The van der Waals surface area contributed by atoms with Gasteiger partial charge in [-0.25, -0.2) is 9.97 Å². The van der Waals surface area contributed by atoms with Gasteiger partial charge in [0.05, 0.1) is 16.3 Å². The summed E-state index contributed by atoms with van der Waals surface area (Å²) in [4.78, 5) is 8.10. The van der Waals surface area contributed by atoms with Crippen molar-refractivity contribution in [3.8, 4) is 11.3 Å².